The number of benzene rings is 2. The summed E-state index contributed by atoms with van der Waals surface area (Å²) in [7, 11) is 0. The molecule has 1 unspecified atom stereocenters. The first-order valence-electron chi connectivity index (χ1n) is 10.6. The van der Waals surface area contributed by atoms with Gasteiger partial charge in [-0.15, -0.1) is 0 Å². The molecule has 144 valence electrons. The van der Waals surface area contributed by atoms with Crippen LogP contribution < -0.4 is 5.32 Å². The Bertz CT molecular complexity index is 483. The van der Waals surface area contributed by atoms with E-state index in [-0.39, 0.29) is 0 Å². The van der Waals surface area contributed by atoms with Gasteiger partial charge in [-0.3, -0.25) is 0 Å². The molecule has 0 radical (unpaired) electrons. The molecule has 1 N–H and O–H groups in total. The summed E-state index contributed by atoms with van der Waals surface area (Å²) in [6.45, 7) is 9.29. The van der Waals surface area contributed by atoms with Gasteiger partial charge >= 0.3 is 0 Å². The number of unbranched alkanes of at least 4 members (excludes halogenated alkanes) is 2. The third kappa shape index (κ3) is 10.4. The van der Waals surface area contributed by atoms with Crippen LogP contribution in [-0.2, 0) is 0 Å². The molecule has 0 spiro atoms. The molecule has 0 amide bonds. The van der Waals surface area contributed by atoms with E-state index in [1.165, 1.54) is 69.2 Å². The van der Waals surface area contributed by atoms with E-state index in [0.717, 1.165) is 5.92 Å². The predicted molar refractivity (Wildman–Crippen MR) is 118 cm³/mol. The van der Waals surface area contributed by atoms with Gasteiger partial charge in [0.25, 0.3) is 0 Å². The molecule has 0 aromatic heterocycles. The molecule has 0 heterocycles. The largest absolute Gasteiger partial charge is 0.317 e. The van der Waals surface area contributed by atoms with Crippen molar-refractivity contribution < 1.29 is 0 Å². The maximum atomic E-state index is 3.53. The Morgan fingerprint density at radius 1 is 0.654 bits per heavy atom. The highest BCUT2D eigenvalue weighted by Gasteiger charge is 2.04. The second-order valence-corrected chi connectivity index (χ2v) is 7.04. The highest BCUT2D eigenvalue weighted by atomic mass is 14.8. The van der Waals surface area contributed by atoms with Crippen LogP contribution in [-0.4, -0.2) is 13.1 Å². The second kappa shape index (κ2) is 15.6. The van der Waals surface area contributed by atoms with E-state index in [0.29, 0.717) is 0 Å². The van der Waals surface area contributed by atoms with Crippen molar-refractivity contribution in [3.05, 3.63) is 60.7 Å². The van der Waals surface area contributed by atoms with Crippen molar-refractivity contribution in [1.82, 2.24) is 5.32 Å². The number of hydrogen-bond donors (Lipinski definition) is 1. The Morgan fingerprint density at radius 2 is 1.19 bits per heavy atom. The monoisotopic (exact) mass is 353 g/mol. The van der Waals surface area contributed by atoms with Crippen LogP contribution in [0.5, 0.6) is 0 Å². The summed E-state index contributed by atoms with van der Waals surface area (Å²) in [5.74, 6) is 0.962. The standard InChI is InChI=1S/C13H29N.C12H10/c1-4-7-9-13(6-3)10-12-14-11-8-5-2;1-3-7-11(8-4-1)12-9-5-2-6-10-12/h13-14H,4-12H2,1-3H3;1-10H. The van der Waals surface area contributed by atoms with Crippen LogP contribution in [0.25, 0.3) is 11.1 Å². The van der Waals surface area contributed by atoms with Gasteiger partial charge in [-0.25, -0.2) is 0 Å². The van der Waals surface area contributed by atoms with Gasteiger partial charge in [0, 0.05) is 0 Å². The lowest BCUT2D eigenvalue weighted by atomic mass is 9.96. The van der Waals surface area contributed by atoms with Crippen LogP contribution in [0, 0.1) is 5.92 Å². The zero-order valence-electron chi connectivity index (χ0n) is 17.2. The van der Waals surface area contributed by atoms with Gasteiger partial charge in [-0.05, 0) is 43.0 Å². The van der Waals surface area contributed by atoms with Crippen molar-refractivity contribution in [1.29, 1.82) is 0 Å². The molecule has 26 heavy (non-hydrogen) atoms. The molecule has 0 aliphatic carbocycles. The average molecular weight is 354 g/mol. The average Bonchev–Trinajstić information content (AvgIpc) is 2.72. The molecule has 2 aromatic rings. The molecule has 0 saturated carbocycles. The van der Waals surface area contributed by atoms with Crippen molar-refractivity contribution >= 4 is 0 Å². The first kappa shape index (κ1) is 22.4. The smallest absolute Gasteiger partial charge is 0.00463 e. The van der Waals surface area contributed by atoms with E-state index >= 15 is 0 Å². The minimum absolute atomic E-state index is 0.962. The highest BCUT2D eigenvalue weighted by Crippen LogP contribution is 2.17. The third-order valence-electron chi connectivity index (χ3n) is 4.86. The third-order valence-corrected chi connectivity index (χ3v) is 4.86. The zero-order chi connectivity index (χ0) is 18.9. The normalized spacial score (nSPS) is 11.5. The summed E-state index contributed by atoms with van der Waals surface area (Å²) in [6.07, 6.45) is 9.55. The van der Waals surface area contributed by atoms with Gasteiger partial charge in [0.15, 0.2) is 0 Å². The molecule has 1 heteroatoms. The number of hydrogen-bond acceptors (Lipinski definition) is 1. The van der Waals surface area contributed by atoms with Gasteiger partial charge in [0.05, 0.1) is 0 Å². The fourth-order valence-corrected chi connectivity index (χ4v) is 3.04. The predicted octanol–water partition coefficient (Wildman–Crippen LogP) is 7.34. The summed E-state index contributed by atoms with van der Waals surface area (Å²) < 4.78 is 0. The van der Waals surface area contributed by atoms with Crippen LogP contribution in [0.3, 0.4) is 0 Å². The fourth-order valence-electron chi connectivity index (χ4n) is 3.04. The highest BCUT2D eigenvalue weighted by molar-refractivity contribution is 5.62. The minimum atomic E-state index is 0.962. The first-order valence-corrected chi connectivity index (χ1v) is 10.6. The van der Waals surface area contributed by atoms with Gasteiger partial charge in [0.1, 0.15) is 0 Å². The van der Waals surface area contributed by atoms with Crippen LogP contribution in [0.1, 0.15) is 65.7 Å². The molecule has 2 aromatic carbocycles. The molecule has 1 nitrogen and oxygen atoms in total. The summed E-state index contributed by atoms with van der Waals surface area (Å²) in [6, 6.07) is 20.8. The zero-order valence-corrected chi connectivity index (χ0v) is 17.2. The van der Waals surface area contributed by atoms with E-state index in [9.17, 15) is 0 Å². The Kier molecular flexibility index (Phi) is 13.5. The molecule has 2 rings (SSSR count). The number of nitrogens with one attached hydrogen (secondary N) is 1. The van der Waals surface area contributed by atoms with Crippen molar-refractivity contribution in [2.75, 3.05) is 13.1 Å². The number of rotatable bonds is 11. The Morgan fingerprint density at radius 3 is 1.65 bits per heavy atom. The summed E-state index contributed by atoms with van der Waals surface area (Å²) in [5.41, 5.74) is 2.55. The summed E-state index contributed by atoms with van der Waals surface area (Å²) in [4.78, 5) is 0. The molecule has 0 fully saturated rings. The summed E-state index contributed by atoms with van der Waals surface area (Å²) in [5, 5.41) is 3.53. The van der Waals surface area contributed by atoms with E-state index in [1.807, 2.05) is 12.1 Å². The van der Waals surface area contributed by atoms with Gasteiger partial charge in [0.2, 0.25) is 0 Å². The maximum Gasteiger partial charge on any atom is -0.00463 e. The van der Waals surface area contributed by atoms with Crippen LogP contribution in [0.15, 0.2) is 60.7 Å². The van der Waals surface area contributed by atoms with E-state index in [4.69, 9.17) is 0 Å². The van der Waals surface area contributed by atoms with Crippen molar-refractivity contribution in [3.63, 3.8) is 0 Å². The lowest BCUT2D eigenvalue weighted by Gasteiger charge is -2.14. The van der Waals surface area contributed by atoms with E-state index < -0.39 is 0 Å². The van der Waals surface area contributed by atoms with Crippen molar-refractivity contribution in [2.24, 2.45) is 5.92 Å². The van der Waals surface area contributed by atoms with Crippen LogP contribution in [0.4, 0.5) is 0 Å². The van der Waals surface area contributed by atoms with Crippen LogP contribution >= 0.6 is 0 Å². The van der Waals surface area contributed by atoms with E-state index in [1.54, 1.807) is 0 Å². The molecule has 0 aliphatic rings. The van der Waals surface area contributed by atoms with Gasteiger partial charge in [-0.2, -0.15) is 0 Å². The Hall–Kier alpha value is -1.60. The second-order valence-electron chi connectivity index (χ2n) is 7.04. The Labute approximate surface area is 162 Å². The molecule has 0 bridgehead atoms. The lowest BCUT2D eigenvalue weighted by Crippen LogP contribution is -2.19. The van der Waals surface area contributed by atoms with Gasteiger partial charge < -0.3 is 5.32 Å². The van der Waals surface area contributed by atoms with Crippen LogP contribution in [0.2, 0.25) is 0 Å². The Balaban J connectivity index is 0.000000262. The molecule has 0 aliphatic heterocycles. The molecular weight excluding hydrogens is 314 g/mol. The molecule has 0 saturated heterocycles. The maximum absolute atomic E-state index is 3.53. The lowest BCUT2D eigenvalue weighted by molar-refractivity contribution is 0.409. The fraction of sp³-hybridized carbons (Fsp3) is 0.520. The van der Waals surface area contributed by atoms with Crippen molar-refractivity contribution in [3.8, 4) is 11.1 Å². The van der Waals surface area contributed by atoms with Crippen molar-refractivity contribution in [2.45, 2.75) is 65.7 Å². The van der Waals surface area contributed by atoms with E-state index in [2.05, 4.69) is 74.6 Å². The molecule has 1 atom stereocenters. The quantitative estimate of drug-likeness (QED) is 0.417. The SMILES string of the molecule is CCCCNCCC(CC)CCCC.c1ccc(-c2ccccc2)cc1. The summed E-state index contributed by atoms with van der Waals surface area (Å²) >= 11 is 0. The topological polar surface area (TPSA) is 12.0 Å². The molecular formula is C25H39N. The minimum Gasteiger partial charge on any atom is -0.317 e. The first-order chi connectivity index (χ1) is 12.8. The van der Waals surface area contributed by atoms with Gasteiger partial charge in [-0.1, -0.05) is 114 Å².